The number of rotatable bonds is 10. The maximum absolute atomic E-state index is 13.2. The van der Waals surface area contributed by atoms with Gasteiger partial charge in [0.2, 0.25) is 0 Å². The summed E-state index contributed by atoms with van der Waals surface area (Å²) in [5.74, 6) is 0. The summed E-state index contributed by atoms with van der Waals surface area (Å²) >= 11 is 0. The summed E-state index contributed by atoms with van der Waals surface area (Å²) in [6.07, 6.45) is 1.16. The predicted octanol–water partition coefficient (Wildman–Crippen LogP) is 4.99. The molecule has 0 aliphatic carbocycles. The first-order valence-electron chi connectivity index (χ1n) is 13.3. The van der Waals surface area contributed by atoms with E-state index >= 15 is 0 Å². The third kappa shape index (κ3) is 7.44. The third-order valence-corrected chi connectivity index (χ3v) is 11.8. The first kappa shape index (κ1) is 29.4. The van der Waals surface area contributed by atoms with Crippen LogP contribution in [0.2, 0.25) is 5.04 Å². The second kappa shape index (κ2) is 12.6. The van der Waals surface area contributed by atoms with Gasteiger partial charge in [0.25, 0.3) is 8.32 Å². The van der Waals surface area contributed by atoms with E-state index in [2.05, 4.69) is 69.3 Å². The lowest BCUT2D eigenvalue weighted by molar-refractivity contribution is 0.0127. The Morgan fingerprint density at radius 2 is 1.49 bits per heavy atom. The molecule has 1 fully saturated rings. The smallest absolute Gasteiger partial charge is 0.410 e. The zero-order chi connectivity index (χ0) is 27.1. The summed E-state index contributed by atoms with van der Waals surface area (Å²) in [7, 11) is -1.03. The third-order valence-electron chi connectivity index (χ3n) is 6.76. The highest BCUT2D eigenvalue weighted by atomic mass is 28.4. The van der Waals surface area contributed by atoms with E-state index in [0.717, 1.165) is 6.42 Å². The van der Waals surface area contributed by atoms with Crippen molar-refractivity contribution in [1.82, 2.24) is 4.90 Å². The first-order valence-corrected chi connectivity index (χ1v) is 15.2. The maximum Gasteiger partial charge on any atom is 0.410 e. The van der Waals surface area contributed by atoms with Crippen LogP contribution < -0.4 is 10.4 Å². The molecule has 3 rings (SSSR count). The second-order valence-electron chi connectivity index (χ2n) is 11.8. The molecule has 2 aromatic carbocycles. The van der Waals surface area contributed by atoms with Crippen molar-refractivity contribution >= 4 is 24.8 Å². The number of hydrogen-bond donors (Lipinski definition) is 0. The van der Waals surface area contributed by atoms with Crippen molar-refractivity contribution in [3.8, 4) is 0 Å². The summed E-state index contributed by atoms with van der Waals surface area (Å²) in [4.78, 5) is 15.0. The molecule has 1 aliphatic rings. The van der Waals surface area contributed by atoms with Gasteiger partial charge in [0.1, 0.15) is 5.60 Å². The number of ether oxygens (including phenoxy) is 3. The molecule has 0 saturated carbocycles. The van der Waals surface area contributed by atoms with E-state index < -0.39 is 13.9 Å². The van der Waals surface area contributed by atoms with E-state index in [9.17, 15) is 4.79 Å². The summed E-state index contributed by atoms with van der Waals surface area (Å²) in [6, 6.07) is 21.0. The molecule has 0 N–H and O–H groups in total. The molecule has 0 radical (unpaired) electrons. The number of benzene rings is 2. The van der Waals surface area contributed by atoms with Gasteiger partial charge in [-0.25, -0.2) is 4.79 Å². The van der Waals surface area contributed by atoms with Gasteiger partial charge in [-0.3, -0.25) is 0 Å². The van der Waals surface area contributed by atoms with E-state index in [4.69, 9.17) is 18.6 Å². The van der Waals surface area contributed by atoms with E-state index in [1.54, 1.807) is 7.11 Å². The van der Waals surface area contributed by atoms with E-state index in [0.29, 0.717) is 32.8 Å². The molecule has 2 aromatic rings. The molecule has 37 heavy (non-hydrogen) atoms. The molecule has 1 heterocycles. The number of nitrogens with zero attached hydrogens (tertiary/aromatic N) is 1. The number of amides is 1. The van der Waals surface area contributed by atoms with Gasteiger partial charge in [0.05, 0.1) is 25.3 Å². The summed E-state index contributed by atoms with van der Waals surface area (Å²) in [5, 5.41) is 2.31. The number of carbonyl (C=O) groups excluding carboxylic acids is 1. The fraction of sp³-hybridized carbons (Fsp3) is 0.567. The van der Waals surface area contributed by atoms with Crippen molar-refractivity contribution in [3.63, 3.8) is 0 Å². The zero-order valence-electron chi connectivity index (χ0n) is 23.7. The van der Waals surface area contributed by atoms with Crippen LogP contribution in [0, 0.1) is 0 Å². The van der Waals surface area contributed by atoms with E-state index in [1.807, 2.05) is 37.8 Å². The van der Waals surface area contributed by atoms with E-state index in [1.165, 1.54) is 10.4 Å². The molecule has 1 saturated heterocycles. The molecule has 0 aromatic heterocycles. The Kier molecular flexibility index (Phi) is 9.97. The Balaban J connectivity index is 1.91. The van der Waals surface area contributed by atoms with Crippen LogP contribution in [0.5, 0.6) is 0 Å². The van der Waals surface area contributed by atoms with Crippen LogP contribution in [0.25, 0.3) is 0 Å². The van der Waals surface area contributed by atoms with Gasteiger partial charge in [0.15, 0.2) is 0 Å². The SMILES string of the molecule is COCCCO[C@@H]1C[C@H](CO[Si](c2ccccc2)(c2ccccc2)C(C)(C)C)N(C(=O)OC(C)(C)C)C1. The molecule has 0 bridgehead atoms. The molecule has 2 atom stereocenters. The van der Waals surface area contributed by atoms with Gasteiger partial charge in [-0.15, -0.1) is 0 Å². The van der Waals surface area contributed by atoms with Crippen molar-refractivity contribution in [2.75, 3.05) is 33.5 Å². The quantitative estimate of drug-likeness (QED) is 0.322. The molecule has 1 amide bonds. The van der Waals surface area contributed by atoms with Crippen LogP contribution in [0.4, 0.5) is 4.79 Å². The van der Waals surface area contributed by atoms with Crippen LogP contribution in [0.15, 0.2) is 60.7 Å². The Morgan fingerprint density at radius 1 is 0.919 bits per heavy atom. The van der Waals surface area contributed by atoms with Crippen LogP contribution >= 0.6 is 0 Å². The van der Waals surface area contributed by atoms with Crippen molar-refractivity contribution < 1.29 is 23.4 Å². The van der Waals surface area contributed by atoms with Crippen LogP contribution in [-0.2, 0) is 18.6 Å². The number of hydrogen-bond acceptors (Lipinski definition) is 5. The lowest BCUT2D eigenvalue weighted by Gasteiger charge is -2.44. The lowest BCUT2D eigenvalue weighted by Crippen LogP contribution is -2.67. The number of likely N-dealkylation sites (tertiary alicyclic amines) is 1. The van der Waals surface area contributed by atoms with Crippen LogP contribution in [-0.4, -0.2) is 70.5 Å². The molecule has 204 valence electrons. The summed E-state index contributed by atoms with van der Waals surface area (Å²) in [5.41, 5.74) is -0.572. The summed E-state index contributed by atoms with van der Waals surface area (Å²) < 4.78 is 24.2. The van der Waals surface area contributed by atoms with Crippen LogP contribution in [0.1, 0.15) is 54.4 Å². The van der Waals surface area contributed by atoms with Gasteiger partial charge < -0.3 is 23.5 Å². The molecule has 0 unspecified atom stereocenters. The van der Waals surface area contributed by atoms with Gasteiger partial charge in [-0.05, 0) is 49.0 Å². The van der Waals surface area contributed by atoms with Gasteiger partial charge in [0, 0.05) is 20.3 Å². The van der Waals surface area contributed by atoms with Crippen molar-refractivity contribution in [1.29, 1.82) is 0 Å². The molecule has 0 spiro atoms. The highest BCUT2D eigenvalue weighted by Gasteiger charge is 2.51. The molecule has 1 aliphatic heterocycles. The summed E-state index contributed by atoms with van der Waals surface area (Å²) in [6.45, 7) is 14.7. The minimum Gasteiger partial charge on any atom is -0.444 e. The minimum atomic E-state index is -2.72. The highest BCUT2D eigenvalue weighted by molar-refractivity contribution is 6.99. The van der Waals surface area contributed by atoms with Gasteiger partial charge >= 0.3 is 6.09 Å². The Bertz CT molecular complexity index is 931. The maximum atomic E-state index is 13.2. The minimum absolute atomic E-state index is 0.0582. The van der Waals surface area contributed by atoms with Crippen molar-refractivity contribution in [3.05, 3.63) is 60.7 Å². The lowest BCUT2D eigenvalue weighted by atomic mass is 10.2. The highest BCUT2D eigenvalue weighted by Crippen LogP contribution is 2.37. The van der Waals surface area contributed by atoms with Crippen molar-refractivity contribution in [2.24, 2.45) is 0 Å². The monoisotopic (exact) mass is 527 g/mol. The number of methoxy groups -OCH3 is 1. The average Bonchev–Trinajstić information content (AvgIpc) is 3.25. The molecular weight excluding hydrogens is 482 g/mol. The fourth-order valence-electron chi connectivity index (χ4n) is 5.13. The zero-order valence-corrected chi connectivity index (χ0v) is 24.7. The topological polar surface area (TPSA) is 57.2 Å². The molecule has 7 heteroatoms. The second-order valence-corrected chi connectivity index (χ2v) is 16.1. The fourth-order valence-corrected chi connectivity index (χ4v) is 9.73. The van der Waals surface area contributed by atoms with E-state index in [-0.39, 0.29) is 23.3 Å². The molecule has 6 nitrogen and oxygen atoms in total. The largest absolute Gasteiger partial charge is 0.444 e. The van der Waals surface area contributed by atoms with Crippen molar-refractivity contribution in [2.45, 2.75) is 77.2 Å². The number of carbonyl (C=O) groups is 1. The Labute approximate surface area is 224 Å². The normalized spacial score (nSPS) is 18.7. The first-order chi connectivity index (χ1) is 17.5. The van der Waals surface area contributed by atoms with Crippen LogP contribution in [0.3, 0.4) is 0 Å². The predicted molar refractivity (Wildman–Crippen MR) is 151 cm³/mol. The molecular formula is C30H45NO5Si. The standard InChI is InChI=1S/C30H45NO5Si/c1-29(2,3)36-28(32)31-22-25(34-20-14-19-33-7)21-24(31)23-35-37(30(4,5)6,26-15-10-8-11-16-26)27-17-12-9-13-18-27/h8-13,15-18,24-25H,14,19-23H2,1-7H3/t24-,25-/m1/s1. The van der Waals surface area contributed by atoms with Gasteiger partial charge in [-0.2, -0.15) is 0 Å². The Hall–Kier alpha value is -2.19. The Morgan fingerprint density at radius 3 is 1.97 bits per heavy atom. The average molecular weight is 528 g/mol. The van der Waals surface area contributed by atoms with Gasteiger partial charge in [-0.1, -0.05) is 81.4 Å².